The fourth-order valence-corrected chi connectivity index (χ4v) is 2.70. The first kappa shape index (κ1) is 16.2. The summed E-state index contributed by atoms with van der Waals surface area (Å²) >= 11 is 0. The van der Waals surface area contributed by atoms with Crippen molar-refractivity contribution < 1.29 is 14.4 Å². The standard InChI is InChI=1S/C17H22N2O3/c1-11(2)9-19-10-13(8-16(19)21)17(22)18-15-7-5-4-6-14(15)12(3)20/h4-7,11,13H,8-10H2,1-3H3,(H,18,22)/t13-/m0/s1. The van der Waals surface area contributed by atoms with Gasteiger partial charge in [0.1, 0.15) is 0 Å². The van der Waals surface area contributed by atoms with Crippen molar-refractivity contribution in [1.29, 1.82) is 0 Å². The SMILES string of the molecule is CC(=O)c1ccccc1NC(=O)[C@H]1CC(=O)N(CC(C)C)C1. The first-order chi connectivity index (χ1) is 10.4. The Labute approximate surface area is 130 Å². The fraction of sp³-hybridized carbons (Fsp3) is 0.471. The van der Waals surface area contributed by atoms with Gasteiger partial charge in [-0.1, -0.05) is 26.0 Å². The second-order valence-corrected chi connectivity index (χ2v) is 6.18. The van der Waals surface area contributed by atoms with E-state index in [2.05, 4.69) is 5.32 Å². The Hall–Kier alpha value is -2.17. The van der Waals surface area contributed by atoms with Crippen molar-refractivity contribution in [3.05, 3.63) is 29.8 Å². The van der Waals surface area contributed by atoms with Crippen LogP contribution in [0.3, 0.4) is 0 Å². The second kappa shape index (κ2) is 6.73. The van der Waals surface area contributed by atoms with Gasteiger partial charge in [-0.15, -0.1) is 0 Å². The van der Waals surface area contributed by atoms with E-state index in [1.54, 1.807) is 29.2 Å². The van der Waals surface area contributed by atoms with Crippen LogP contribution in [0.15, 0.2) is 24.3 Å². The minimum absolute atomic E-state index is 0.0219. The summed E-state index contributed by atoms with van der Waals surface area (Å²) in [6.07, 6.45) is 0.237. The third-order valence-electron chi connectivity index (χ3n) is 3.74. The van der Waals surface area contributed by atoms with Crippen LogP contribution in [0.4, 0.5) is 5.69 Å². The Kier molecular flexibility index (Phi) is 4.96. The Bertz CT molecular complexity index is 595. The summed E-state index contributed by atoms with van der Waals surface area (Å²) in [4.78, 5) is 37.6. The van der Waals surface area contributed by atoms with E-state index in [0.29, 0.717) is 30.3 Å². The molecule has 1 N–H and O–H groups in total. The molecule has 1 saturated heterocycles. The van der Waals surface area contributed by atoms with Gasteiger partial charge in [0.05, 0.1) is 11.6 Å². The highest BCUT2D eigenvalue weighted by Gasteiger charge is 2.34. The molecule has 1 aliphatic rings. The van der Waals surface area contributed by atoms with Crippen LogP contribution in [0.25, 0.3) is 0 Å². The minimum Gasteiger partial charge on any atom is -0.342 e. The highest BCUT2D eigenvalue weighted by molar-refractivity contribution is 6.05. The second-order valence-electron chi connectivity index (χ2n) is 6.18. The number of carbonyl (C=O) groups excluding carboxylic acids is 3. The Balaban J connectivity index is 2.05. The number of benzene rings is 1. The van der Waals surface area contributed by atoms with Crippen molar-refractivity contribution in [2.45, 2.75) is 27.2 Å². The molecule has 1 fully saturated rings. The van der Waals surface area contributed by atoms with Gasteiger partial charge < -0.3 is 10.2 Å². The van der Waals surface area contributed by atoms with Crippen LogP contribution in [0, 0.1) is 11.8 Å². The van der Waals surface area contributed by atoms with Crippen LogP contribution >= 0.6 is 0 Å². The van der Waals surface area contributed by atoms with E-state index >= 15 is 0 Å². The summed E-state index contributed by atoms with van der Waals surface area (Å²) in [5, 5.41) is 2.79. The number of likely N-dealkylation sites (tertiary alicyclic amines) is 1. The van der Waals surface area contributed by atoms with Crippen LogP contribution in [0.1, 0.15) is 37.6 Å². The zero-order valence-corrected chi connectivity index (χ0v) is 13.3. The maximum atomic E-state index is 12.4. The number of carbonyl (C=O) groups is 3. The van der Waals surface area contributed by atoms with Crippen LogP contribution in [0.5, 0.6) is 0 Å². The Morgan fingerprint density at radius 1 is 1.32 bits per heavy atom. The molecule has 1 aliphatic heterocycles. The average Bonchev–Trinajstić information content (AvgIpc) is 2.80. The summed E-state index contributed by atoms with van der Waals surface area (Å²) in [5.41, 5.74) is 0.994. The number of nitrogens with one attached hydrogen (secondary N) is 1. The molecule has 0 radical (unpaired) electrons. The lowest BCUT2D eigenvalue weighted by molar-refractivity contribution is -0.128. The lowest BCUT2D eigenvalue weighted by atomic mass is 10.1. The van der Waals surface area contributed by atoms with Gasteiger partial charge >= 0.3 is 0 Å². The average molecular weight is 302 g/mol. The molecule has 1 heterocycles. The number of ketones is 1. The van der Waals surface area contributed by atoms with Gasteiger partial charge in [0.25, 0.3) is 0 Å². The van der Waals surface area contributed by atoms with Gasteiger partial charge in [-0.3, -0.25) is 14.4 Å². The van der Waals surface area contributed by atoms with Crippen molar-refractivity contribution >= 4 is 23.3 Å². The molecule has 1 aromatic carbocycles. The number of hydrogen-bond acceptors (Lipinski definition) is 3. The molecule has 2 rings (SSSR count). The van der Waals surface area contributed by atoms with E-state index in [1.807, 2.05) is 13.8 Å². The molecule has 0 saturated carbocycles. The number of anilines is 1. The molecular weight excluding hydrogens is 280 g/mol. The molecule has 5 heteroatoms. The minimum atomic E-state index is -0.355. The fourth-order valence-electron chi connectivity index (χ4n) is 2.70. The lowest BCUT2D eigenvalue weighted by Gasteiger charge is -2.18. The molecule has 2 amide bonds. The number of rotatable bonds is 5. The van der Waals surface area contributed by atoms with Crippen LogP contribution < -0.4 is 5.32 Å². The summed E-state index contributed by atoms with van der Waals surface area (Å²) in [6.45, 7) is 6.68. The van der Waals surface area contributed by atoms with Gasteiger partial charge in [-0.25, -0.2) is 0 Å². The smallest absolute Gasteiger partial charge is 0.229 e. The monoisotopic (exact) mass is 302 g/mol. The highest BCUT2D eigenvalue weighted by atomic mass is 16.2. The summed E-state index contributed by atoms with van der Waals surface area (Å²) in [6, 6.07) is 6.92. The molecule has 1 atom stereocenters. The third kappa shape index (κ3) is 3.72. The van der Waals surface area contributed by atoms with Crippen LogP contribution in [-0.4, -0.2) is 35.6 Å². The molecule has 118 valence electrons. The van der Waals surface area contributed by atoms with E-state index in [9.17, 15) is 14.4 Å². The van der Waals surface area contributed by atoms with Gasteiger partial charge in [0, 0.05) is 25.1 Å². The molecule has 0 aliphatic carbocycles. The normalized spacial score (nSPS) is 17.9. The van der Waals surface area contributed by atoms with Crippen molar-refractivity contribution in [2.24, 2.45) is 11.8 Å². The third-order valence-corrected chi connectivity index (χ3v) is 3.74. The predicted molar refractivity (Wildman–Crippen MR) is 84.6 cm³/mol. The highest BCUT2D eigenvalue weighted by Crippen LogP contribution is 2.22. The molecular formula is C17H22N2O3. The van der Waals surface area contributed by atoms with E-state index in [1.165, 1.54) is 6.92 Å². The van der Waals surface area contributed by atoms with Crippen LogP contribution in [-0.2, 0) is 9.59 Å². The zero-order valence-electron chi connectivity index (χ0n) is 13.3. The summed E-state index contributed by atoms with van der Waals surface area (Å²) in [5.74, 6) is -0.252. The van der Waals surface area contributed by atoms with Crippen LogP contribution in [0.2, 0.25) is 0 Å². The van der Waals surface area contributed by atoms with E-state index in [0.717, 1.165) is 0 Å². The van der Waals surface area contributed by atoms with Crippen molar-refractivity contribution in [3.8, 4) is 0 Å². The Morgan fingerprint density at radius 3 is 2.64 bits per heavy atom. The predicted octanol–water partition coefficient (Wildman–Crippen LogP) is 2.33. The van der Waals surface area contributed by atoms with E-state index < -0.39 is 0 Å². The van der Waals surface area contributed by atoms with Gasteiger partial charge in [0.2, 0.25) is 11.8 Å². The molecule has 1 aromatic rings. The number of amides is 2. The topological polar surface area (TPSA) is 66.5 Å². The molecule has 0 spiro atoms. The quantitative estimate of drug-likeness (QED) is 0.849. The number of para-hydroxylation sites is 1. The first-order valence-corrected chi connectivity index (χ1v) is 7.57. The van der Waals surface area contributed by atoms with E-state index in [4.69, 9.17) is 0 Å². The molecule has 22 heavy (non-hydrogen) atoms. The van der Waals surface area contributed by atoms with Gasteiger partial charge in [-0.2, -0.15) is 0 Å². The number of nitrogens with zero attached hydrogens (tertiary/aromatic N) is 1. The van der Waals surface area contributed by atoms with Gasteiger partial charge in [0.15, 0.2) is 5.78 Å². The first-order valence-electron chi connectivity index (χ1n) is 7.57. The number of Topliss-reactive ketones (excluding diaryl/α,β-unsaturated/α-hetero) is 1. The maximum Gasteiger partial charge on any atom is 0.229 e. The number of hydrogen-bond donors (Lipinski definition) is 1. The maximum absolute atomic E-state index is 12.4. The van der Waals surface area contributed by atoms with Gasteiger partial charge in [-0.05, 0) is 25.0 Å². The zero-order chi connectivity index (χ0) is 16.3. The molecule has 0 aromatic heterocycles. The Morgan fingerprint density at radius 2 is 2.00 bits per heavy atom. The van der Waals surface area contributed by atoms with Crippen molar-refractivity contribution in [3.63, 3.8) is 0 Å². The van der Waals surface area contributed by atoms with Crippen molar-refractivity contribution in [2.75, 3.05) is 18.4 Å². The van der Waals surface area contributed by atoms with Crippen molar-refractivity contribution in [1.82, 2.24) is 4.90 Å². The molecule has 5 nitrogen and oxygen atoms in total. The molecule has 0 bridgehead atoms. The largest absolute Gasteiger partial charge is 0.342 e. The molecule has 0 unspecified atom stereocenters. The lowest BCUT2D eigenvalue weighted by Crippen LogP contribution is -2.31. The summed E-state index contributed by atoms with van der Waals surface area (Å²) in [7, 11) is 0. The van der Waals surface area contributed by atoms with E-state index in [-0.39, 0.29) is 29.9 Å². The summed E-state index contributed by atoms with van der Waals surface area (Å²) < 4.78 is 0.